The highest BCUT2D eigenvalue weighted by molar-refractivity contribution is 7.92. The molecule has 0 radical (unpaired) electrons. The first-order valence-electron chi connectivity index (χ1n) is 9.51. The minimum absolute atomic E-state index is 0.0781. The second-order valence-corrected chi connectivity index (χ2v) is 8.76. The maximum absolute atomic E-state index is 13.2. The van der Waals surface area contributed by atoms with E-state index in [0.717, 1.165) is 9.87 Å². The first-order chi connectivity index (χ1) is 14.8. The summed E-state index contributed by atoms with van der Waals surface area (Å²) in [4.78, 5) is 12.7. The van der Waals surface area contributed by atoms with Gasteiger partial charge in [0, 0.05) is 0 Å². The number of anilines is 1. The molecule has 6 nitrogen and oxygen atoms in total. The molecule has 0 spiro atoms. The van der Waals surface area contributed by atoms with Crippen LogP contribution in [0.2, 0.25) is 0 Å². The summed E-state index contributed by atoms with van der Waals surface area (Å²) in [5, 5.41) is 4.01. The molecule has 0 atom stereocenters. The molecule has 3 aromatic rings. The molecule has 0 aliphatic rings. The quantitative estimate of drug-likeness (QED) is 0.448. The van der Waals surface area contributed by atoms with Crippen LogP contribution in [-0.2, 0) is 14.8 Å². The number of aryl methyl sites for hydroxylation is 1. The maximum Gasteiger partial charge on any atom is 0.264 e. The minimum Gasteiger partial charge on any atom is -0.271 e. The Morgan fingerprint density at radius 2 is 1.58 bits per heavy atom. The molecule has 0 unspecified atom stereocenters. The first-order valence-corrected chi connectivity index (χ1v) is 10.9. The lowest BCUT2D eigenvalue weighted by Crippen LogP contribution is -2.39. The van der Waals surface area contributed by atoms with E-state index in [1.807, 2.05) is 6.92 Å². The number of halogens is 1. The largest absolute Gasteiger partial charge is 0.271 e. The van der Waals surface area contributed by atoms with E-state index in [-0.39, 0.29) is 10.7 Å². The zero-order chi connectivity index (χ0) is 22.4. The molecule has 0 saturated heterocycles. The molecular weight excluding hydrogens is 417 g/mol. The van der Waals surface area contributed by atoms with Gasteiger partial charge in [-0.15, -0.1) is 0 Å². The Bertz CT molecular complexity index is 1180. The van der Waals surface area contributed by atoms with Gasteiger partial charge in [0.2, 0.25) is 0 Å². The fourth-order valence-electron chi connectivity index (χ4n) is 2.81. The van der Waals surface area contributed by atoms with E-state index >= 15 is 0 Å². The van der Waals surface area contributed by atoms with E-state index < -0.39 is 22.5 Å². The van der Waals surface area contributed by atoms with Crippen molar-refractivity contribution < 1.29 is 17.6 Å². The third kappa shape index (κ3) is 5.55. The highest BCUT2D eigenvalue weighted by Crippen LogP contribution is 2.23. The number of benzene rings is 3. The third-order valence-electron chi connectivity index (χ3n) is 4.55. The number of carbonyl (C=O) groups is 1. The molecule has 160 valence electrons. The Morgan fingerprint density at radius 1 is 0.968 bits per heavy atom. The molecule has 31 heavy (non-hydrogen) atoms. The van der Waals surface area contributed by atoms with E-state index in [1.165, 1.54) is 24.3 Å². The highest BCUT2D eigenvalue weighted by atomic mass is 32.2. The van der Waals surface area contributed by atoms with Gasteiger partial charge in [0.25, 0.3) is 15.9 Å². The van der Waals surface area contributed by atoms with Crippen molar-refractivity contribution in [2.24, 2.45) is 5.10 Å². The summed E-state index contributed by atoms with van der Waals surface area (Å²) in [6.45, 7) is 3.09. The van der Waals surface area contributed by atoms with E-state index in [4.69, 9.17) is 0 Å². The molecule has 3 rings (SSSR count). The maximum atomic E-state index is 13.2. The van der Waals surface area contributed by atoms with Gasteiger partial charge in [0.05, 0.1) is 16.3 Å². The van der Waals surface area contributed by atoms with E-state index in [2.05, 4.69) is 10.5 Å². The van der Waals surface area contributed by atoms with Crippen LogP contribution < -0.4 is 9.73 Å². The molecule has 0 saturated carbocycles. The van der Waals surface area contributed by atoms with Crippen LogP contribution in [-0.4, -0.2) is 26.6 Å². The van der Waals surface area contributed by atoms with Crippen LogP contribution in [0.3, 0.4) is 0 Å². The lowest BCUT2D eigenvalue weighted by atomic mass is 10.1. The fraction of sp³-hybridized carbons (Fsp3) is 0.130. The summed E-state index contributed by atoms with van der Waals surface area (Å²) >= 11 is 0. The number of amides is 1. The molecule has 0 aliphatic heterocycles. The minimum atomic E-state index is -3.98. The number of carbonyl (C=O) groups excluding carboxylic acids is 1. The van der Waals surface area contributed by atoms with Crippen molar-refractivity contribution >= 4 is 27.3 Å². The second kappa shape index (κ2) is 9.53. The average molecular weight is 440 g/mol. The van der Waals surface area contributed by atoms with Gasteiger partial charge < -0.3 is 0 Å². The number of hydrazone groups is 1. The van der Waals surface area contributed by atoms with Crippen molar-refractivity contribution in [3.05, 3.63) is 95.8 Å². The van der Waals surface area contributed by atoms with Gasteiger partial charge in [0.1, 0.15) is 12.4 Å². The number of nitrogens with one attached hydrogen (secondary N) is 1. The Morgan fingerprint density at radius 3 is 2.19 bits per heavy atom. The van der Waals surface area contributed by atoms with Crippen LogP contribution >= 0.6 is 0 Å². The smallest absolute Gasteiger partial charge is 0.264 e. The van der Waals surface area contributed by atoms with Gasteiger partial charge in [-0.1, -0.05) is 48.0 Å². The molecule has 3 aromatic carbocycles. The van der Waals surface area contributed by atoms with Crippen LogP contribution in [0.5, 0.6) is 0 Å². The molecule has 0 aliphatic carbocycles. The summed E-state index contributed by atoms with van der Waals surface area (Å²) in [6, 6.07) is 20.4. The summed E-state index contributed by atoms with van der Waals surface area (Å²) in [5.74, 6) is -0.984. The molecule has 1 amide bonds. The third-order valence-corrected chi connectivity index (χ3v) is 6.34. The summed E-state index contributed by atoms with van der Waals surface area (Å²) < 4.78 is 40.6. The molecule has 0 bridgehead atoms. The van der Waals surface area contributed by atoms with Crippen LogP contribution in [0.25, 0.3) is 0 Å². The van der Waals surface area contributed by atoms with E-state index in [1.54, 1.807) is 61.5 Å². The van der Waals surface area contributed by atoms with Crippen molar-refractivity contribution in [1.29, 1.82) is 0 Å². The normalized spacial score (nSPS) is 11.8. The van der Waals surface area contributed by atoms with Crippen molar-refractivity contribution in [2.75, 3.05) is 10.8 Å². The van der Waals surface area contributed by atoms with Crippen molar-refractivity contribution in [2.45, 2.75) is 18.7 Å². The number of hydrogen-bond acceptors (Lipinski definition) is 4. The Balaban J connectivity index is 1.84. The fourth-order valence-corrected chi connectivity index (χ4v) is 4.26. The van der Waals surface area contributed by atoms with Gasteiger partial charge in [-0.25, -0.2) is 18.2 Å². The predicted octanol–water partition coefficient (Wildman–Crippen LogP) is 3.87. The molecule has 0 heterocycles. The van der Waals surface area contributed by atoms with Gasteiger partial charge >= 0.3 is 0 Å². The summed E-state index contributed by atoms with van der Waals surface area (Å²) in [7, 11) is -3.98. The van der Waals surface area contributed by atoms with Crippen molar-refractivity contribution in [3.8, 4) is 0 Å². The Labute approximate surface area is 181 Å². The summed E-state index contributed by atoms with van der Waals surface area (Å²) in [5.41, 5.74) is 4.80. The summed E-state index contributed by atoms with van der Waals surface area (Å²) in [6.07, 6.45) is 0. The Kier molecular flexibility index (Phi) is 6.81. The number of sulfonamides is 1. The standard InChI is InChI=1S/C23H22FN3O3S/c1-17-8-14-21(15-9-17)27(31(29,30)22-6-4-3-5-7-22)16-23(28)26-25-18(2)19-10-12-20(24)13-11-19/h3-15H,16H2,1-2H3,(H,26,28)/b25-18-. The SMILES string of the molecule is C/C(=N/NC(=O)CN(c1ccc(C)cc1)S(=O)(=O)c1ccccc1)c1ccc(F)cc1. The van der Waals surface area contributed by atoms with Gasteiger partial charge in [-0.3, -0.25) is 9.10 Å². The second-order valence-electron chi connectivity index (χ2n) is 6.90. The number of hydrogen-bond donors (Lipinski definition) is 1. The van der Waals surface area contributed by atoms with Crippen LogP contribution in [0, 0.1) is 12.7 Å². The lowest BCUT2D eigenvalue weighted by Gasteiger charge is -2.23. The highest BCUT2D eigenvalue weighted by Gasteiger charge is 2.27. The molecule has 0 fully saturated rings. The van der Waals surface area contributed by atoms with Crippen LogP contribution in [0.15, 0.2) is 88.9 Å². The number of nitrogens with zero attached hydrogens (tertiary/aromatic N) is 2. The Hall–Kier alpha value is -3.52. The topological polar surface area (TPSA) is 78.8 Å². The molecular formula is C23H22FN3O3S. The number of rotatable bonds is 7. The molecule has 0 aromatic heterocycles. The predicted molar refractivity (Wildman–Crippen MR) is 119 cm³/mol. The van der Waals surface area contributed by atoms with Crippen molar-refractivity contribution in [3.63, 3.8) is 0 Å². The molecule has 8 heteroatoms. The van der Waals surface area contributed by atoms with Gasteiger partial charge in [-0.2, -0.15) is 5.10 Å². The van der Waals surface area contributed by atoms with Crippen LogP contribution in [0.4, 0.5) is 10.1 Å². The van der Waals surface area contributed by atoms with Gasteiger partial charge in [-0.05, 0) is 55.8 Å². The van der Waals surface area contributed by atoms with E-state index in [0.29, 0.717) is 17.0 Å². The van der Waals surface area contributed by atoms with Crippen LogP contribution in [0.1, 0.15) is 18.1 Å². The van der Waals surface area contributed by atoms with Crippen molar-refractivity contribution in [1.82, 2.24) is 5.43 Å². The zero-order valence-electron chi connectivity index (χ0n) is 17.1. The van der Waals surface area contributed by atoms with E-state index in [9.17, 15) is 17.6 Å². The average Bonchev–Trinajstić information content (AvgIpc) is 2.77. The molecule has 1 N–H and O–H groups in total. The monoisotopic (exact) mass is 439 g/mol. The van der Waals surface area contributed by atoms with Gasteiger partial charge in [0.15, 0.2) is 0 Å². The zero-order valence-corrected chi connectivity index (χ0v) is 17.9. The first kappa shape index (κ1) is 22.2. The lowest BCUT2D eigenvalue weighted by molar-refractivity contribution is -0.119.